The minimum Gasteiger partial charge on any atom is -0.389 e. The van der Waals surface area contributed by atoms with Crippen LogP contribution in [0.5, 0.6) is 0 Å². The van der Waals surface area contributed by atoms with Crippen LogP contribution in [0, 0.1) is 0 Å². The van der Waals surface area contributed by atoms with Crippen LogP contribution in [0.3, 0.4) is 0 Å². The summed E-state index contributed by atoms with van der Waals surface area (Å²) in [6.07, 6.45) is 7.84. The van der Waals surface area contributed by atoms with Crippen molar-refractivity contribution in [2.45, 2.75) is 50.2 Å². The summed E-state index contributed by atoms with van der Waals surface area (Å²) in [4.78, 5) is 14.1. The molecule has 0 amide bonds. The van der Waals surface area contributed by atoms with E-state index in [0.717, 1.165) is 38.5 Å². The van der Waals surface area contributed by atoms with Gasteiger partial charge in [-0.1, -0.05) is 12.8 Å². The molecule has 24 heavy (non-hydrogen) atoms. The van der Waals surface area contributed by atoms with Gasteiger partial charge in [-0.15, -0.1) is 0 Å². The molecule has 2 aliphatic heterocycles. The van der Waals surface area contributed by atoms with Gasteiger partial charge >= 0.3 is 0 Å². The molecule has 1 N–H and O–H groups in total. The second-order valence-electron chi connectivity index (χ2n) is 7.31. The Morgan fingerprint density at radius 2 is 1.92 bits per heavy atom. The Kier molecular flexibility index (Phi) is 4.96. The molecule has 1 aliphatic carbocycles. The average molecular weight is 332 g/mol. The lowest BCUT2D eigenvalue weighted by Gasteiger charge is -2.28. The number of hydrogen-bond donors (Lipinski definition) is 1. The Hall–Kier alpha value is -1.24. The van der Waals surface area contributed by atoms with E-state index in [1.165, 1.54) is 31.4 Å². The maximum atomic E-state index is 10.1. The minimum absolute atomic E-state index is 0.149. The topological polar surface area (TPSA) is 61.7 Å². The van der Waals surface area contributed by atoms with Crippen LogP contribution in [0.4, 0.5) is 5.95 Å². The van der Waals surface area contributed by atoms with Crippen molar-refractivity contribution in [1.82, 2.24) is 14.9 Å². The summed E-state index contributed by atoms with van der Waals surface area (Å²) in [6.45, 7) is 4.95. The number of anilines is 1. The summed E-state index contributed by atoms with van der Waals surface area (Å²) in [5.74, 6) is 1.51. The standard InChI is InChI=1S/C18H28N4O2/c23-17-13-24-12-16(17)21-8-3-9-22(11-10-21)18-19-7-6-15(20-18)14-4-1-2-5-14/h6-7,14,16-17,23H,1-5,8-13H2/t16-,17-/m0/s1. The van der Waals surface area contributed by atoms with Crippen molar-refractivity contribution < 1.29 is 9.84 Å². The smallest absolute Gasteiger partial charge is 0.225 e. The summed E-state index contributed by atoms with van der Waals surface area (Å²) in [6, 6.07) is 2.24. The maximum Gasteiger partial charge on any atom is 0.225 e. The molecule has 3 fully saturated rings. The molecule has 2 saturated heterocycles. The zero-order valence-electron chi connectivity index (χ0n) is 14.3. The Morgan fingerprint density at radius 3 is 2.71 bits per heavy atom. The van der Waals surface area contributed by atoms with Crippen LogP contribution in [0.25, 0.3) is 0 Å². The van der Waals surface area contributed by atoms with E-state index in [4.69, 9.17) is 9.72 Å². The van der Waals surface area contributed by atoms with Crippen molar-refractivity contribution in [3.05, 3.63) is 18.0 Å². The first-order valence-corrected chi connectivity index (χ1v) is 9.39. The Balaban J connectivity index is 1.42. The first-order chi connectivity index (χ1) is 11.8. The van der Waals surface area contributed by atoms with Crippen LogP contribution in [0.15, 0.2) is 12.3 Å². The molecular formula is C18H28N4O2. The molecule has 0 bridgehead atoms. The summed E-state index contributed by atoms with van der Waals surface area (Å²) < 4.78 is 5.42. The largest absolute Gasteiger partial charge is 0.389 e. The molecule has 0 aromatic carbocycles. The Labute approximate surface area is 143 Å². The zero-order valence-corrected chi connectivity index (χ0v) is 14.3. The SMILES string of the molecule is O[C@H]1COC[C@@H]1N1CCCN(c2nccc(C3CCCC3)n2)CC1. The highest BCUT2D eigenvalue weighted by atomic mass is 16.5. The molecule has 1 aromatic rings. The van der Waals surface area contributed by atoms with E-state index in [9.17, 15) is 5.11 Å². The van der Waals surface area contributed by atoms with E-state index in [-0.39, 0.29) is 12.1 Å². The van der Waals surface area contributed by atoms with Gasteiger partial charge in [0, 0.05) is 44.0 Å². The third kappa shape index (κ3) is 3.41. The lowest BCUT2D eigenvalue weighted by molar-refractivity contribution is 0.0859. The minimum atomic E-state index is -0.349. The summed E-state index contributed by atoms with van der Waals surface area (Å²) in [5.41, 5.74) is 1.22. The second kappa shape index (κ2) is 7.33. The molecule has 3 heterocycles. The number of rotatable bonds is 3. The first-order valence-electron chi connectivity index (χ1n) is 9.39. The van der Waals surface area contributed by atoms with Crippen molar-refractivity contribution in [2.75, 3.05) is 44.3 Å². The van der Waals surface area contributed by atoms with Crippen molar-refractivity contribution in [3.63, 3.8) is 0 Å². The molecule has 1 saturated carbocycles. The molecule has 3 aliphatic rings. The molecule has 2 atom stereocenters. The number of aliphatic hydroxyl groups excluding tert-OH is 1. The van der Waals surface area contributed by atoms with Gasteiger partial charge in [0.25, 0.3) is 0 Å². The van der Waals surface area contributed by atoms with Gasteiger partial charge in [0.1, 0.15) is 0 Å². The highest BCUT2D eigenvalue weighted by Gasteiger charge is 2.32. The lowest BCUT2D eigenvalue weighted by atomic mass is 10.0. The summed E-state index contributed by atoms with van der Waals surface area (Å²) >= 11 is 0. The van der Waals surface area contributed by atoms with E-state index in [1.54, 1.807) is 0 Å². The van der Waals surface area contributed by atoms with E-state index in [0.29, 0.717) is 19.1 Å². The van der Waals surface area contributed by atoms with Crippen LogP contribution in [-0.2, 0) is 4.74 Å². The molecule has 4 rings (SSSR count). The van der Waals surface area contributed by atoms with Crippen molar-refractivity contribution >= 4 is 5.95 Å². The molecule has 6 heteroatoms. The number of ether oxygens (including phenoxy) is 1. The highest BCUT2D eigenvalue weighted by molar-refractivity contribution is 5.31. The van der Waals surface area contributed by atoms with Gasteiger partial charge in [0.15, 0.2) is 0 Å². The molecule has 0 radical (unpaired) electrons. The third-order valence-corrected chi connectivity index (χ3v) is 5.74. The Bertz CT molecular complexity index is 550. The zero-order chi connectivity index (χ0) is 16.4. The van der Waals surface area contributed by atoms with Crippen molar-refractivity contribution in [2.24, 2.45) is 0 Å². The van der Waals surface area contributed by atoms with Crippen LogP contribution in [0.1, 0.15) is 43.7 Å². The molecule has 0 spiro atoms. The van der Waals surface area contributed by atoms with Gasteiger partial charge < -0.3 is 14.7 Å². The monoisotopic (exact) mass is 332 g/mol. The predicted molar refractivity (Wildman–Crippen MR) is 92.3 cm³/mol. The van der Waals surface area contributed by atoms with Gasteiger partial charge in [-0.2, -0.15) is 0 Å². The van der Waals surface area contributed by atoms with Gasteiger partial charge in [0.2, 0.25) is 5.95 Å². The molecular weight excluding hydrogens is 304 g/mol. The average Bonchev–Trinajstić information content (AvgIpc) is 3.22. The number of hydrogen-bond acceptors (Lipinski definition) is 6. The molecule has 6 nitrogen and oxygen atoms in total. The van der Waals surface area contributed by atoms with Gasteiger partial charge in [0.05, 0.1) is 25.4 Å². The summed E-state index contributed by atoms with van der Waals surface area (Å²) in [5, 5.41) is 10.1. The quantitative estimate of drug-likeness (QED) is 0.903. The van der Waals surface area contributed by atoms with Crippen LogP contribution in [-0.4, -0.2) is 71.5 Å². The fourth-order valence-corrected chi connectivity index (χ4v) is 4.31. The van der Waals surface area contributed by atoms with E-state index < -0.39 is 0 Å². The molecule has 0 unspecified atom stereocenters. The number of aliphatic hydroxyl groups is 1. The fourth-order valence-electron chi connectivity index (χ4n) is 4.31. The first kappa shape index (κ1) is 16.2. The predicted octanol–water partition coefficient (Wildman–Crippen LogP) is 1.41. The molecule has 1 aromatic heterocycles. The van der Waals surface area contributed by atoms with Gasteiger partial charge in [-0.3, -0.25) is 4.90 Å². The molecule has 132 valence electrons. The van der Waals surface area contributed by atoms with Crippen molar-refractivity contribution in [1.29, 1.82) is 0 Å². The third-order valence-electron chi connectivity index (χ3n) is 5.74. The van der Waals surface area contributed by atoms with E-state index in [1.807, 2.05) is 6.20 Å². The maximum absolute atomic E-state index is 10.1. The van der Waals surface area contributed by atoms with Gasteiger partial charge in [-0.25, -0.2) is 9.97 Å². The number of nitrogens with zero attached hydrogens (tertiary/aromatic N) is 4. The lowest BCUT2D eigenvalue weighted by Crippen LogP contribution is -2.44. The van der Waals surface area contributed by atoms with Crippen LogP contribution in [0.2, 0.25) is 0 Å². The highest BCUT2D eigenvalue weighted by Crippen LogP contribution is 2.33. The van der Waals surface area contributed by atoms with E-state index in [2.05, 4.69) is 20.9 Å². The summed E-state index contributed by atoms with van der Waals surface area (Å²) in [7, 11) is 0. The van der Waals surface area contributed by atoms with Crippen LogP contribution >= 0.6 is 0 Å². The fraction of sp³-hybridized carbons (Fsp3) is 0.778. The van der Waals surface area contributed by atoms with E-state index >= 15 is 0 Å². The van der Waals surface area contributed by atoms with Crippen LogP contribution < -0.4 is 4.90 Å². The Morgan fingerprint density at radius 1 is 1.04 bits per heavy atom. The number of aromatic nitrogens is 2. The normalized spacial score (nSPS) is 30.0. The van der Waals surface area contributed by atoms with Gasteiger partial charge in [-0.05, 0) is 25.3 Å². The second-order valence-corrected chi connectivity index (χ2v) is 7.31. The van der Waals surface area contributed by atoms with Crippen molar-refractivity contribution in [3.8, 4) is 0 Å².